The van der Waals surface area contributed by atoms with E-state index in [-0.39, 0.29) is 6.01 Å². The number of nitrogens with zero attached hydrogens (tertiary/aromatic N) is 2. The van der Waals surface area contributed by atoms with E-state index in [9.17, 15) is 24.2 Å². The van der Waals surface area contributed by atoms with E-state index in [1.54, 1.807) is 0 Å². The van der Waals surface area contributed by atoms with Gasteiger partial charge in [0.05, 0.1) is 12.5 Å². The lowest BCUT2D eigenvalue weighted by molar-refractivity contribution is -0.707. The van der Waals surface area contributed by atoms with Crippen LogP contribution in [-0.2, 0) is 16.1 Å². The first kappa shape index (κ1) is 29.5. The van der Waals surface area contributed by atoms with Crippen molar-refractivity contribution in [2.75, 3.05) is 0 Å². The van der Waals surface area contributed by atoms with Crippen LogP contribution in [-0.4, -0.2) is 27.1 Å². The van der Waals surface area contributed by atoms with Crippen LogP contribution in [0.15, 0.2) is 24.5 Å². The summed E-state index contributed by atoms with van der Waals surface area (Å²) in [4.78, 5) is 22.6. The number of aromatic hydroxyl groups is 1. The highest BCUT2D eigenvalue weighted by atomic mass is 19.1. The number of carbonyl (C=O) groups excluding carboxylic acids is 1. The number of aryl methyl sites for hydroxylation is 1. The largest absolute Gasteiger partial charge is 0.545 e. The van der Waals surface area contributed by atoms with Gasteiger partial charge in [-0.1, -0.05) is 84.0 Å². The number of carbonyl (C=O) groups is 2. The quantitative estimate of drug-likeness (QED) is 0.208. The lowest BCUT2D eigenvalue weighted by Gasteiger charge is -2.03. The molecular formula is C24H39FN2O5. The van der Waals surface area contributed by atoms with E-state index >= 15 is 0 Å². The van der Waals surface area contributed by atoms with Crippen molar-refractivity contribution in [2.24, 2.45) is 0 Å². The number of aromatic nitrogens is 2. The maximum absolute atomic E-state index is 13.0. The Labute approximate surface area is 191 Å². The number of hydrogen-bond acceptors (Lipinski definition) is 5. The van der Waals surface area contributed by atoms with Gasteiger partial charge in [-0.2, -0.15) is 8.96 Å². The first-order chi connectivity index (χ1) is 15.4. The number of carboxylic acid groups (broad SMARTS) is 2. The van der Waals surface area contributed by atoms with E-state index < -0.39 is 17.8 Å². The summed E-state index contributed by atoms with van der Waals surface area (Å²) in [5.41, 5.74) is 0. The lowest BCUT2D eigenvalue weighted by atomic mass is 10.0. The molecule has 0 unspecified atom stereocenters. The zero-order chi connectivity index (χ0) is 24.0. The average Bonchev–Trinajstić information content (AvgIpc) is 2.75. The summed E-state index contributed by atoms with van der Waals surface area (Å²) in [6.07, 6.45) is 21.7. The second-order valence-corrected chi connectivity index (χ2v) is 7.85. The van der Waals surface area contributed by atoms with Gasteiger partial charge in [0.25, 0.3) is 0 Å². The smallest absolute Gasteiger partial charge is 0.495 e. The minimum Gasteiger partial charge on any atom is -0.545 e. The molecule has 0 fully saturated rings. The molecule has 1 aromatic heterocycles. The van der Waals surface area contributed by atoms with Crippen molar-refractivity contribution in [3.63, 3.8) is 0 Å². The lowest BCUT2D eigenvalue weighted by Crippen LogP contribution is -2.34. The van der Waals surface area contributed by atoms with Crippen molar-refractivity contribution in [3.05, 3.63) is 30.4 Å². The van der Waals surface area contributed by atoms with Crippen molar-refractivity contribution in [1.29, 1.82) is 0 Å². The van der Waals surface area contributed by atoms with Gasteiger partial charge in [-0.3, -0.25) is 0 Å². The molecule has 0 aliphatic carbocycles. The number of halogens is 1. The molecule has 0 amide bonds. The molecule has 0 bridgehead atoms. The predicted molar refractivity (Wildman–Crippen MR) is 118 cm³/mol. The molecule has 0 aliphatic heterocycles. The Hall–Kier alpha value is -2.51. The molecule has 0 radical (unpaired) electrons. The van der Waals surface area contributed by atoms with Crippen LogP contribution in [0, 0.1) is 5.82 Å². The highest BCUT2D eigenvalue weighted by molar-refractivity contribution is 5.88. The molecule has 8 heteroatoms. The zero-order valence-corrected chi connectivity index (χ0v) is 19.3. The molecule has 0 spiro atoms. The highest BCUT2D eigenvalue weighted by Crippen LogP contribution is 2.13. The highest BCUT2D eigenvalue weighted by Gasteiger charge is 2.11. The van der Waals surface area contributed by atoms with Crippen LogP contribution in [0.2, 0.25) is 0 Å². The molecule has 0 aliphatic rings. The van der Waals surface area contributed by atoms with Gasteiger partial charge in [-0.05, 0) is 23.9 Å². The summed E-state index contributed by atoms with van der Waals surface area (Å²) in [6.45, 7) is 2.90. The van der Waals surface area contributed by atoms with E-state index in [0.717, 1.165) is 19.0 Å². The molecule has 1 heterocycles. The number of aliphatic carboxylic acids is 2. The van der Waals surface area contributed by atoms with Gasteiger partial charge in [-0.15, -0.1) is 0 Å². The Morgan fingerprint density at radius 2 is 1.41 bits per heavy atom. The van der Waals surface area contributed by atoms with Crippen LogP contribution in [0.1, 0.15) is 96.8 Å². The third-order valence-electron chi connectivity index (χ3n) is 4.95. The Balaban J connectivity index is 0.00000102. The maximum atomic E-state index is 13.0. The summed E-state index contributed by atoms with van der Waals surface area (Å²) in [6, 6.07) is -0.105. The van der Waals surface area contributed by atoms with Crippen molar-refractivity contribution >= 4 is 11.9 Å². The fourth-order valence-corrected chi connectivity index (χ4v) is 3.21. The Morgan fingerprint density at radius 3 is 1.81 bits per heavy atom. The van der Waals surface area contributed by atoms with Gasteiger partial charge in [-0.25, -0.2) is 4.79 Å². The summed E-state index contributed by atoms with van der Waals surface area (Å²) >= 11 is 0. The predicted octanol–water partition coefficient (Wildman–Crippen LogP) is 4.07. The van der Waals surface area contributed by atoms with Crippen molar-refractivity contribution in [1.82, 2.24) is 4.98 Å². The Morgan fingerprint density at radius 1 is 0.938 bits per heavy atom. The molecule has 2 N–H and O–H groups in total. The Bertz CT molecular complexity index is 652. The third-order valence-corrected chi connectivity index (χ3v) is 4.95. The molecule has 1 aromatic rings. The van der Waals surface area contributed by atoms with Gasteiger partial charge < -0.3 is 20.1 Å². The summed E-state index contributed by atoms with van der Waals surface area (Å²) < 4.78 is 14.5. The number of hydrogen-bond donors (Lipinski definition) is 2. The van der Waals surface area contributed by atoms with E-state index in [4.69, 9.17) is 5.11 Å². The monoisotopic (exact) mass is 454 g/mol. The molecule has 1 rings (SSSR count). The first-order valence-electron chi connectivity index (χ1n) is 11.7. The maximum Gasteiger partial charge on any atom is 0.495 e. The molecule has 0 atom stereocenters. The van der Waals surface area contributed by atoms with Gasteiger partial charge in [0.1, 0.15) is 6.20 Å². The minimum absolute atomic E-state index is 0.105. The molecular weight excluding hydrogens is 415 g/mol. The second-order valence-electron chi connectivity index (χ2n) is 7.85. The van der Waals surface area contributed by atoms with Crippen LogP contribution in [0.5, 0.6) is 6.01 Å². The molecule has 0 aromatic carbocycles. The Kier molecular flexibility index (Phi) is 18.8. The number of carboxylic acids is 2. The van der Waals surface area contributed by atoms with E-state index in [0.29, 0.717) is 18.7 Å². The normalized spacial score (nSPS) is 10.7. The molecule has 0 saturated heterocycles. The van der Waals surface area contributed by atoms with E-state index in [2.05, 4.69) is 11.9 Å². The fraction of sp³-hybridized carbons (Fsp3) is 0.667. The van der Waals surface area contributed by atoms with Gasteiger partial charge in [0.2, 0.25) is 5.82 Å². The first-order valence-corrected chi connectivity index (χ1v) is 11.7. The summed E-state index contributed by atoms with van der Waals surface area (Å²) in [7, 11) is 0. The molecule has 7 nitrogen and oxygen atoms in total. The van der Waals surface area contributed by atoms with Crippen LogP contribution in [0.25, 0.3) is 0 Å². The van der Waals surface area contributed by atoms with Gasteiger partial charge in [0, 0.05) is 6.08 Å². The van der Waals surface area contributed by atoms with Gasteiger partial charge in [0.15, 0.2) is 6.20 Å². The SMILES string of the molecule is CCCCCCCCCCCCCCCC[n+]1cc(F)cnc1O.O=C([O-])C=CC(=O)O. The van der Waals surface area contributed by atoms with Crippen LogP contribution >= 0.6 is 0 Å². The average molecular weight is 455 g/mol. The summed E-state index contributed by atoms with van der Waals surface area (Å²) in [5, 5.41) is 26.8. The van der Waals surface area contributed by atoms with E-state index in [1.807, 2.05) is 0 Å². The molecule has 32 heavy (non-hydrogen) atoms. The third kappa shape index (κ3) is 19.5. The standard InChI is InChI=1S/C20H35FN2O.C4H4O4/c1-2-3-4-5-6-7-8-9-10-11-12-13-14-15-16-23-18-19(21)17-22-20(23)24;5-3(6)1-2-4(7)8/h17-18H,2-16H2,1H3;1-2H,(H,5,6)(H,7,8). The summed E-state index contributed by atoms with van der Waals surface area (Å²) in [5.74, 6) is -3.21. The fourth-order valence-electron chi connectivity index (χ4n) is 3.21. The van der Waals surface area contributed by atoms with Crippen molar-refractivity contribution < 1.29 is 33.9 Å². The van der Waals surface area contributed by atoms with Crippen molar-refractivity contribution in [2.45, 2.75) is 103 Å². The number of unbranched alkanes of at least 4 members (excludes halogenated alkanes) is 13. The van der Waals surface area contributed by atoms with Crippen molar-refractivity contribution in [3.8, 4) is 6.01 Å². The topological polar surface area (TPSA) is 114 Å². The van der Waals surface area contributed by atoms with E-state index in [1.165, 1.54) is 87.8 Å². The minimum atomic E-state index is -1.51. The molecule has 182 valence electrons. The van der Waals surface area contributed by atoms with Crippen LogP contribution in [0.3, 0.4) is 0 Å². The zero-order valence-electron chi connectivity index (χ0n) is 19.3. The van der Waals surface area contributed by atoms with Crippen LogP contribution in [0.4, 0.5) is 4.39 Å². The van der Waals surface area contributed by atoms with Gasteiger partial charge >= 0.3 is 12.0 Å². The second kappa shape index (κ2) is 20.4. The number of rotatable bonds is 17. The molecule has 0 saturated carbocycles. The van der Waals surface area contributed by atoms with Crippen LogP contribution < -0.4 is 9.67 Å².